The molecule has 13 heteroatoms. The van der Waals surface area contributed by atoms with Crippen molar-refractivity contribution in [3.63, 3.8) is 0 Å². The number of nitrogens with two attached hydrogens (primary N) is 1. The van der Waals surface area contributed by atoms with Gasteiger partial charge in [-0.25, -0.2) is 4.79 Å². The van der Waals surface area contributed by atoms with Gasteiger partial charge in [0.1, 0.15) is 5.52 Å². The van der Waals surface area contributed by atoms with E-state index in [2.05, 4.69) is 15.0 Å². The molecular formula is C26H34N6O7. The zero-order valence-electron chi connectivity index (χ0n) is 22.1. The Kier molecular flexibility index (Phi) is 10.4. The number of carboxylic acids is 1. The number of anilines is 1. The minimum absolute atomic E-state index is 0.0820. The fraction of sp³-hybridized carbons (Fsp3) is 0.462. The van der Waals surface area contributed by atoms with E-state index in [1.54, 1.807) is 23.1 Å². The standard InChI is InChI=1S/C26H34N6O7/c1-3-4-13-39-25-29-23(27)22-24(30-25)32(26(37)28-22)12-6-11-31(19(33)9-10-20(34)35)16-18-8-5-7-17(14-18)15-21(36)38-2/h5,7-8,14H,3-4,6,9-13,15-16H2,1-2H3,(H,28,37)(H,34,35)(H2,27,29,30). The van der Waals surface area contributed by atoms with Crippen LogP contribution in [0.1, 0.15) is 50.2 Å². The van der Waals surface area contributed by atoms with E-state index in [-0.39, 0.29) is 62.6 Å². The van der Waals surface area contributed by atoms with Crippen molar-refractivity contribution in [2.24, 2.45) is 0 Å². The highest BCUT2D eigenvalue weighted by atomic mass is 16.5. The summed E-state index contributed by atoms with van der Waals surface area (Å²) in [6, 6.07) is 7.27. The lowest BCUT2D eigenvalue weighted by Crippen LogP contribution is -2.33. The van der Waals surface area contributed by atoms with Gasteiger partial charge in [0.2, 0.25) is 5.91 Å². The Morgan fingerprint density at radius 3 is 2.64 bits per heavy atom. The number of carbonyl (C=O) groups excluding carboxylic acids is 2. The summed E-state index contributed by atoms with van der Waals surface area (Å²) in [6.07, 6.45) is 1.77. The van der Waals surface area contributed by atoms with Crippen LogP contribution in [0.4, 0.5) is 5.82 Å². The van der Waals surface area contributed by atoms with E-state index >= 15 is 0 Å². The van der Waals surface area contributed by atoms with Crippen molar-refractivity contribution < 1.29 is 29.0 Å². The fourth-order valence-corrected chi connectivity index (χ4v) is 3.99. The maximum Gasteiger partial charge on any atom is 0.327 e. The van der Waals surface area contributed by atoms with E-state index < -0.39 is 11.7 Å². The monoisotopic (exact) mass is 542 g/mol. The van der Waals surface area contributed by atoms with Crippen LogP contribution in [0.5, 0.6) is 6.01 Å². The average molecular weight is 543 g/mol. The summed E-state index contributed by atoms with van der Waals surface area (Å²) < 4.78 is 11.7. The molecule has 0 aliphatic carbocycles. The first-order chi connectivity index (χ1) is 18.7. The van der Waals surface area contributed by atoms with E-state index in [0.717, 1.165) is 24.0 Å². The number of ether oxygens (including phenoxy) is 2. The second-order valence-corrected chi connectivity index (χ2v) is 9.01. The number of hydrogen-bond donors (Lipinski definition) is 3. The molecule has 2 heterocycles. The van der Waals surface area contributed by atoms with Gasteiger partial charge in [-0.2, -0.15) is 9.97 Å². The molecule has 0 spiro atoms. The molecule has 0 saturated carbocycles. The van der Waals surface area contributed by atoms with Crippen LogP contribution in [-0.4, -0.2) is 67.6 Å². The molecule has 0 unspecified atom stereocenters. The van der Waals surface area contributed by atoms with Gasteiger partial charge >= 0.3 is 23.6 Å². The number of carbonyl (C=O) groups is 3. The van der Waals surface area contributed by atoms with Gasteiger partial charge in [-0.15, -0.1) is 0 Å². The predicted octanol–water partition coefficient (Wildman–Crippen LogP) is 1.88. The number of aromatic nitrogens is 4. The third-order valence-corrected chi connectivity index (χ3v) is 6.02. The lowest BCUT2D eigenvalue weighted by molar-refractivity contribution is -0.141. The number of benzene rings is 1. The summed E-state index contributed by atoms with van der Waals surface area (Å²) >= 11 is 0. The Morgan fingerprint density at radius 2 is 1.92 bits per heavy atom. The predicted molar refractivity (Wildman–Crippen MR) is 142 cm³/mol. The number of H-pyrrole nitrogens is 1. The quantitative estimate of drug-likeness (QED) is 0.189. The molecule has 0 saturated heterocycles. The van der Waals surface area contributed by atoms with Gasteiger partial charge in [0.15, 0.2) is 11.5 Å². The summed E-state index contributed by atoms with van der Waals surface area (Å²) in [5, 5.41) is 9.03. The minimum Gasteiger partial charge on any atom is -0.481 e. The van der Waals surface area contributed by atoms with Crippen molar-refractivity contribution >= 4 is 34.8 Å². The van der Waals surface area contributed by atoms with E-state index in [1.807, 2.05) is 13.0 Å². The Balaban J connectivity index is 1.76. The molecule has 2 aromatic heterocycles. The largest absolute Gasteiger partial charge is 0.481 e. The van der Waals surface area contributed by atoms with Crippen LogP contribution in [0, 0.1) is 0 Å². The number of rotatable bonds is 15. The molecule has 0 aliphatic rings. The highest BCUT2D eigenvalue weighted by Crippen LogP contribution is 2.18. The molecular weight excluding hydrogens is 508 g/mol. The number of nitrogens with zero attached hydrogens (tertiary/aromatic N) is 4. The zero-order valence-corrected chi connectivity index (χ0v) is 22.1. The number of nitrogens with one attached hydrogen (secondary N) is 1. The summed E-state index contributed by atoms with van der Waals surface area (Å²) in [5.74, 6) is -1.68. The van der Waals surface area contributed by atoms with Crippen molar-refractivity contribution in [1.29, 1.82) is 0 Å². The van der Waals surface area contributed by atoms with Crippen LogP contribution in [0.25, 0.3) is 11.2 Å². The van der Waals surface area contributed by atoms with Crippen molar-refractivity contribution in [2.75, 3.05) is 26.0 Å². The molecule has 1 aromatic carbocycles. The molecule has 0 atom stereocenters. The number of carboxylic acid groups (broad SMARTS) is 1. The molecule has 3 rings (SSSR count). The number of esters is 1. The van der Waals surface area contributed by atoms with Crippen LogP contribution in [0.2, 0.25) is 0 Å². The van der Waals surface area contributed by atoms with Crippen LogP contribution >= 0.6 is 0 Å². The number of unbranched alkanes of at least 4 members (excludes halogenated alkanes) is 1. The van der Waals surface area contributed by atoms with Crippen molar-refractivity contribution in [2.45, 2.75) is 58.5 Å². The average Bonchev–Trinajstić information content (AvgIpc) is 3.22. The van der Waals surface area contributed by atoms with Gasteiger partial charge in [-0.1, -0.05) is 37.6 Å². The first-order valence-electron chi connectivity index (χ1n) is 12.7. The van der Waals surface area contributed by atoms with E-state index in [4.69, 9.17) is 20.3 Å². The number of hydrogen-bond acceptors (Lipinski definition) is 9. The number of aryl methyl sites for hydroxylation is 1. The Hall–Kier alpha value is -4.42. The highest BCUT2D eigenvalue weighted by molar-refractivity contribution is 5.82. The molecule has 3 aromatic rings. The molecule has 0 fully saturated rings. The summed E-state index contributed by atoms with van der Waals surface area (Å²) in [4.78, 5) is 60.9. The number of methoxy groups -OCH3 is 1. The Morgan fingerprint density at radius 1 is 1.15 bits per heavy atom. The van der Waals surface area contributed by atoms with Gasteiger partial charge in [-0.3, -0.25) is 19.0 Å². The lowest BCUT2D eigenvalue weighted by atomic mass is 10.1. The molecule has 4 N–H and O–H groups in total. The van der Waals surface area contributed by atoms with Crippen LogP contribution in [0.3, 0.4) is 0 Å². The topological polar surface area (TPSA) is 183 Å². The number of nitrogen functional groups attached to an aromatic ring is 1. The molecule has 210 valence electrons. The second kappa shape index (κ2) is 13.9. The number of amides is 1. The first-order valence-corrected chi connectivity index (χ1v) is 12.7. The summed E-state index contributed by atoms with van der Waals surface area (Å²) in [7, 11) is 1.31. The number of aromatic amines is 1. The molecule has 1 amide bonds. The van der Waals surface area contributed by atoms with E-state index in [1.165, 1.54) is 11.7 Å². The van der Waals surface area contributed by atoms with Crippen molar-refractivity contribution in [3.05, 3.63) is 45.9 Å². The molecule has 0 bridgehead atoms. The molecule has 39 heavy (non-hydrogen) atoms. The summed E-state index contributed by atoms with van der Waals surface area (Å²) in [6.45, 7) is 3.12. The van der Waals surface area contributed by atoms with Gasteiger partial charge in [0.05, 0.1) is 26.6 Å². The van der Waals surface area contributed by atoms with E-state index in [0.29, 0.717) is 24.2 Å². The molecule has 0 radical (unpaired) electrons. The van der Waals surface area contributed by atoms with Crippen LogP contribution < -0.4 is 16.2 Å². The number of aliphatic carboxylic acids is 1. The maximum absolute atomic E-state index is 12.9. The van der Waals surface area contributed by atoms with Gasteiger partial charge in [-0.05, 0) is 24.0 Å². The van der Waals surface area contributed by atoms with Crippen molar-refractivity contribution in [3.8, 4) is 6.01 Å². The Bertz CT molecular complexity index is 1370. The van der Waals surface area contributed by atoms with Gasteiger partial charge in [0.25, 0.3) is 0 Å². The minimum atomic E-state index is -1.07. The van der Waals surface area contributed by atoms with E-state index in [9.17, 15) is 19.2 Å². The van der Waals surface area contributed by atoms with Gasteiger partial charge < -0.3 is 30.2 Å². The summed E-state index contributed by atoms with van der Waals surface area (Å²) in [5.41, 5.74) is 7.71. The second-order valence-electron chi connectivity index (χ2n) is 9.01. The fourth-order valence-electron chi connectivity index (χ4n) is 3.99. The SMILES string of the molecule is CCCCOc1nc(N)c2[nH]c(=O)n(CCCN(Cc3cccc(CC(=O)OC)c3)C(=O)CCC(=O)O)c2n1. The van der Waals surface area contributed by atoms with Gasteiger partial charge in [0, 0.05) is 26.1 Å². The highest BCUT2D eigenvalue weighted by Gasteiger charge is 2.18. The third-order valence-electron chi connectivity index (χ3n) is 6.02. The Labute approximate surface area is 224 Å². The maximum atomic E-state index is 12.9. The smallest absolute Gasteiger partial charge is 0.327 e. The molecule has 0 aliphatic heterocycles. The lowest BCUT2D eigenvalue weighted by Gasteiger charge is -2.23. The zero-order chi connectivity index (χ0) is 28.4. The normalized spacial score (nSPS) is 10.9. The number of imidazole rings is 1. The van der Waals surface area contributed by atoms with Crippen molar-refractivity contribution in [1.82, 2.24) is 24.4 Å². The van der Waals surface area contributed by atoms with Crippen LogP contribution in [0.15, 0.2) is 29.1 Å². The van der Waals surface area contributed by atoms with Crippen LogP contribution in [-0.2, 0) is 38.6 Å². The number of fused-ring (bicyclic) bond motifs is 1. The molecule has 13 nitrogen and oxygen atoms in total. The third kappa shape index (κ3) is 8.28. The first kappa shape index (κ1) is 29.1.